The van der Waals surface area contributed by atoms with Gasteiger partial charge in [-0.05, 0) is 19.1 Å². The molecule has 0 bridgehead atoms. The molecule has 1 rings (SSSR count). The molecule has 0 atom stereocenters. The topological polar surface area (TPSA) is 25.8 Å². The lowest BCUT2D eigenvalue weighted by atomic mass is 10.2. The van der Waals surface area contributed by atoms with E-state index in [1.54, 1.807) is 0 Å². The number of aromatic nitrogens is 2. The Hall–Kier alpha value is -0.280. The first kappa shape index (κ1) is 11.8. The Balaban J connectivity index is 2.91. The molecule has 78 valence electrons. The van der Waals surface area contributed by atoms with Crippen molar-refractivity contribution in [1.82, 2.24) is 9.97 Å². The van der Waals surface area contributed by atoms with Crippen LogP contribution < -0.4 is 0 Å². The molecule has 1 aromatic rings. The van der Waals surface area contributed by atoms with Gasteiger partial charge in [0.15, 0.2) is 0 Å². The van der Waals surface area contributed by atoms with Crippen LogP contribution in [0.25, 0.3) is 0 Å². The van der Waals surface area contributed by atoms with E-state index < -0.39 is 0 Å². The summed E-state index contributed by atoms with van der Waals surface area (Å²) in [6.45, 7) is 6.18. The molecule has 0 aliphatic carbocycles. The van der Waals surface area contributed by atoms with Crippen LogP contribution in [0.4, 0.5) is 0 Å². The van der Waals surface area contributed by atoms with Crippen molar-refractivity contribution in [2.75, 3.05) is 5.75 Å². The third-order valence-corrected chi connectivity index (χ3v) is 3.24. The van der Waals surface area contributed by atoms with E-state index in [0.29, 0.717) is 5.15 Å². The minimum absolute atomic E-state index is 0.601. The van der Waals surface area contributed by atoms with Gasteiger partial charge in [0.1, 0.15) is 11.0 Å². The van der Waals surface area contributed by atoms with Gasteiger partial charge in [-0.15, -0.1) is 0 Å². The number of hydrogen-bond donors (Lipinski definition) is 0. The lowest BCUT2D eigenvalue weighted by Gasteiger charge is -2.06. The number of hydrogen-bond acceptors (Lipinski definition) is 3. The lowest BCUT2D eigenvalue weighted by Crippen LogP contribution is -2.01. The van der Waals surface area contributed by atoms with Crippen molar-refractivity contribution in [2.24, 2.45) is 0 Å². The Morgan fingerprint density at radius 1 is 1.29 bits per heavy atom. The predicted octanol–water partition coefficient (Wildman–Crippen LogP) is 3.25. The number of rotatable bonds is 4. The van der Waals surface area contributed by atoms with E-state index in [0.717, 1.165) is 35.0 Å². The molecule has 0 spiro atoms. The van der Waals surface area contributed by atoms with Crippen molar-refractivity contribution in [3.05, 3.63) is 22.2 Å². The molecule has 1 heterocycles. The van der Waals surface area contributed by atoms with Crippen molar-refractivity contribution >= 4 is 23.4 Å². The van der Waals surface area contributed by atoms with Gasteiger partial charge >= 0.3 is 0 Å². The van der Waals surface area contributed by atoms with Gasteiger partial charge in [0, 0.05) is 11.3 Å². The molecular formula is C10H15ClN2S. The summed E-state index contributed by atoms with van der Waals surface area (Å²) in [6, 6.07) is 0. The van der Waals surface area contributed by atoms with Gasteiger partial charge in [0.2, 0.25) is 0 Å². The monoisotopic (exact) mass is 230 g/mol. The largest absolute Gasteiger partial charge is 0.237 e. The Kier molecular flexibility index (Phi) is 4.69. The maximum atomic E-state index is 6.02. The number of aryl methyl sites for hydroxylation is 1. The zero-order valence-corrected chi connectivity index (χ0v) is 10.4. The Morgan fingerprint density at radius 3 is 2.57 bits per heavy atom. The Bertz CT molecular complexity index is 315. The van der Waals surface area contributed by atoms with E-state index in [-0.39, 0.29) is 0 Å². The molecule has 0 saturated heterocycles. The second kappa shape index (κ2) is 5.56. The van der Waals surface area contributed by atoms with E-state index in [9.17, 15) is 0 Å². The smallest absolute Gasteiger partial charge is 0.140 e. The van der Waals surface area contributed by atoms with Crippen LogP contribution in [0.3, 0.4) is 0 Å². The maximum absolute atomic E-state index is 6.02. The zero-order valence-electron chi connectivity index (χ0n) is 8.80. The van der Waals surface area contributed by atoms with Crippen molar-refractivity contribution in [3.63, 3.8) is 0 Å². The highest BCUT2D eigenvalue weighted by atomic mass is 35.5. The molecule has 0 N–H and O–H groups in total. The summed E-state index contributed by atoms with van der Waals surface area (Å²) in [5.74, 6) is 2.78. The molecule has 0 radical (unpaired) electrons. The van der Waals surface area contributed by atoms with Crippen LogP contribution in [0.5, 0.6) is 0 Å². The first-order valence-corrected chi connectivity index (χ1v) is 6.31. The SMILES string of the molecule is CCSCc1nc(Cl)c(C)c(CC)n1. The van der Waals surface area contributed by atoms with Crippen molar-refractivity contribution in [2.45, 2.75) is 32.9 Å². The van der Waals surface area contributed by atoms with E-state index in [1.807, 2.05) is 18.7 Å². The molecule has 0 amide bonds. The zero-order chi connectivity index (χ0) is 10.6. The number of thioether (sulfide) groups is 1. The van der Waals surface area contributed by atoms with Gasteiger partial charge in [-0.3, -0.25) is 0 Å². The molecule has 0 aliphatic rings. The first-order chi connectivity index (χ1) is 6.69. The summed E-state index contributed by atoms with van der Waals surface area (Å²) >= 11 is 7.83. The summed E-state index contributed by atoms with van der Waals surface area (Å²) in [5, 5.41) is 0.601. The third-order valence-electron chi connectivity index (χ3n) is 2.00. The molecule has 0 fully saturated rings. The van der Waals surface area contributed by atoms with Crippen LogP contribution in [0.2, 0.25) is 5.15 Å². The summed E-state index contributed by atoms with van der Waals surface area (Å²) in [7, 11) is 0. The van der Waals surface area contributed by atoms with Gasteiger partial charge in [0.05, 0.1) is 5.75 Å². The first-order valence-electron chi connectivity index (χ1n) is 4.78. The van der Waals surface area contributed by atoms with Gasteiger partial charge in [0.25, 0.3) is 0 Å². The average molecular weight is 231 g/mol. The normalized spacial score (nSPS) is 10.6. The molecule has 1 aromatic heterocycles. The van der Waals surface area contributed by atoms with E-state index >= 15 is 0 Å². The molecule has 14 heavy (non-hydrogen) atoms. The quantitative estimate of drug-likeness (QED) is 0.743. The van der Waals surface area contributed by atoms with E-state index in [2.05, 4.69) is 23.8 Å². The Labute approximate surface area is 94.5 Å². The maximum Gasteiger partial charge on any atom is 0.140 e. The second-order valence-electron chi connectivity index (χ2n) is 2.99. The van der Waals surface area contributed by atoms with Gasteiger partial charge in [-0.1, -0.05) is 25.4 Å². The van der Waals surface area contributed by atoms with Gasteiger partial charge in [-0.2, -0.15) is 11.8 Å². The van der Waals surface area contributed by atoms with Crippen molar-refractivity contribution in [1.29, 1.82) is 0 Å². The average Bonchev–Trinajstić information content (AvgIpc) is 2.19. The standard InChI is InChI=1S/C10H15ClN2S/c1-4-8-7(3)10(11)13-9(12-8)6-14-5-2/h4-6H2,1-3H3. The van der Waals surface area contributed by atoms with Crippen LogP contribution in [0.15, 0.2) is 0 Å². The summed E-state index contributed by atoms with van der Waals surface area (Å²) in [4.78, 5) is 8.73. The van der Waals surface area contributed by atoms with Crippen LogP contribution in [0.1, 0.15) is 30.9 Å². The van der Waals surface area contributed by atoms with Gasteiger partial charge in [-0.25, -0.2) is 9.97 Å². The molecule has 0 aromatic carbocycles. The van der Waals surface area contributed by atoms with Crippen LogP contribution >= 0.6 is 23.4 Å². The molecule has 0 unspecified atom stereocenters. The van der Waals surface area contributed by atoms with E-state index in [4.69, 9.17) is 11.6 Å². The number of nitrogens with zero attached hydrogens (tertiary/aromatic N) is 2. The fraction of sp³-hybridized carbons (Fsp3) is 0.600. The molecule has 0 aliphatic heterocycles. The van der Waals surface area contributed by atoms with E-state index in [1.165, 1.54) is 0 Å². The van der Waals surface area contributed by atoms with Crippen LogP contribution in [0, 0.1) is 6.92 Å². The third kappa shape index (κ3) is 2.85. The van der Waals surface area contributed by atoms with Crippen LogP contribution in [-0.4, -0.2) is 15.7 Å². The van der Waals surface area contributed by atoms with Crippen molar-refractivity contribution in [3.8, 4) is 0 Å². The molecule has 2 nitrogen and oxygen atoms in total. The minimum Gasteiger partial charge on any atom is -0.237 e. The fourth-order valence-electron chi connectivity index (χ4n) is 1.18. The highest BCUT2D eigenvalue weighted by molar-refractivity contribution is 7.98. The summed E-state index contributed by atoms with van der Waals surface area (Å²) in [5.41, 5.74) is 2.08. The summed E-state index contributed by atoms with van der Waals surface area (Å²) < 4.78 is 0. The lowest BCUT2D eigenvalue weighted by molar-refractivity contribution is 0.918. The predicted molar refractivity (Wildman–Crippen MR) is 63.0 cm³/mol. The molecule has 0 saturated carbocycles. The highest BCUT2D eigenvalue weighted by Crippen LogP contribution is 2.18. The second-order valence-corrected chi connectivity index (χ2v) is 4.63. The fourth-order valence-corrected chi connectivity index (χ4v) is 1.91. The highest BCUT2D eigenvalue weighted by Gasteiger charge is 2.07. The number of halogens is 1. The van der Waals surface area contributed by atoms with Crippen LogP contribution in [-0.2, 0) is 12.2 Å². The summed E-state index contributed by atoms with van der Waals surface area (Å²) in [6.07, 6.45) is 0.915. The van der Waals surface area contributed by atoms with Gasteiger partial charge < -0.3 is 0 Å². The molecule has 4 heteroatoms. The van der Waals surface area contributed by atoms with Crippen molar-refractivity contribution < 1.29 is 0 Å². The molecular weight excluding hydrogens is 216 g/mol. The Morgan fingerprint density at radius 2 is 2.00 bits per heavy atom. The minimum atomic E-state index is 0.601.